The number of amides is 1. The van der Waals surface area contributed by atoms with Gasteiger partial charge in [0, 0.05) is 0 Å². The summed E-state index contributed by atoms with van der Waals surface area (Å²) in [5.41, 5.74) is 0. The summed E-state index contributed by atoms with van der Waals surface area (Å²) in [6, 6.07) is 0. The van der Waals surface area contributed by atoms with E-state index in [1.807, 2.05) is 0 Å². The van der Waals surface area contributed by atoms with Crippen LogP contribution in [0.1, 0.15) is 39.5 Å². The second-order valence-corrected chi connectivity index (χ2v) is 2.88. The predicted molar refractivity (Wildman–Crippen MR) is 49.7 cm³/mol. The molecule has 0 aromatic rings. The van der Waals surface area contributed by atoms with Gasteiger partial charge in [0.1, 0.15) is 0 Å². The lowest BCUT2D eigenvalue weighted by molar-refractivity contribution is -0.0738. The fourth-order valence-electron chi connectivity index (χ4n) is 0.978. The standard InChI is InChI=1S/C9H19NO3/c1-3-5-6-7-8-10(12)9(11)13-4-2/h12H,3-8H2,1-2H3. The molecular weight excluding hydrogens is 170 g/mol. The quantitative estimate of drug-likeness (QED) is 0.396. The van der Waals surface area contributed by atoms with Crippen molar-refractivity contribution in [1.29, 1.82) is 0 Å². The highest BCUT2D eigenvalue weighted by Gasteiger charge is 2.09. The number of carbonyl (C=O) groups excluding carboxylic acids is 1. The first-order valence-corrected chi connectivity index (χ1v) is 4.85. The first-order valence-electron chi connectivity index (χ1n) is 4.85. The van der Waals surface area contributed by atoms with E-state index in [2.05, 4.69) is 11.7 Å². The summed E-state index contributed by atoms with van der Waals surface area (Å²) in [4.78, 5) is 10.9. The van der Waals surface area contributed by atoms with Crippen molar-refractivity contribution in [3.8, 4) is 0 Å². The van der Waals surface area contributed by atoms with E-state index in [4.69, 9.17) is 5.21 Å². The minimum atomic E-state index is -0.654. The molecule has 78 valence electrons. The lowest BCUT2D eigenvalue weighted by Crippen LogP contribution is -2.29. The molecule has 4 heteroatoms. The number of rotatable bonds is 6. The second-order valence-electron chi connectivity index (χ2n) is 2.88. The van der Waals surface area contributed by atoms with E-state index < -0.39 is 6.09 Å². The van der Waals surface area contributed by atoms with Gasteiger partial charge in [0.2, 0.25) is 0 Å². The van der Waals surface area contributed by atoms with Crippen molar-refractivity contribution in [3.63, 3.8) is 0 Å². The largest absolute Gasteiger partial charge is 0.448 e. The van der Waals surface area contributed by atoms with Gasteiger partial charge in [0.15, 0.2) is 0 Å². The Hall–Kier alpha value is -0.770. The Morgan fingerprint density at radius 2 is 2.00 bits per heavy atom. The molecule has 0 atom stereocenters. The first kappa shape index (κ1) is 12.2. The summed E-state index contributed by atoms with van der Waals surface area (Å²) in [6.07, 6.45) is 3.48. The molecule has 0 heterocycles. The first-order chi connectivity index (χ1) is 6.22. The van der Waals surface area contributed by atoms with E-state index in [1.54, 1.807) is 6.92 Å². The Labute approximate surface area is 79.4 Å². The minimum Gasteiger partial charge on any atom is -0.448 e. The molecule has 0 radical (unpaired) electrons. The van der Waals surface area contributed by atoms with E-state index in [9.17, 15) is 4.79 Å². The maximum absolute atomic E-state index is 10.9. The average molecular weight is 189 g/mol. The highest BCUT2D eigenvalue weighted by molar-refractivity contribution is 5.65. The van der Waals surface area contributed by atoms with Gasteiger partial charge in [0.05, 0.1) is 13.2 Å². The molecule has 0 unspecified atom stereocenters. The molecule has 1 N–H and O–H groups in total. The summed E-state index contributed by atoms with van der Waals surface area (Å²) in [6.45, 7) is 4.48. The molecule has 0 aromatic heterocycles. The molecule has 0 saturated heterocycles. The maximum Gasteiger partial charge on any atom is 0.433 e. The van der Waals surface area contributed by atoms with Crippen molar-refractivity contribution in [2.75, 3.05) is 13.2 Å². The fourth-order valence-corrected chi connectivity index (χ4v) is 0.978. The molecule has 1 amide bonds. The summed E-state index contributed by atoms with van der Waals surface area (Å²) in [5.74, 6) is 0. The monoisotopic (exact) mass is 189 g/mol. The van der Waals surface area contributed by atoms with Gasteiger partial charge in [-0.15, -0.1) is 0 Å². The Kier molecular flexibility index (Phi) is 7.39. The number of unbranched alkanes of at least 4 members (excludes halogenated alkanes) is 3. The lowest BCUT2D eigenvalue weighted by atomic mass is 10.2. The Morgan fingerprint density at radius 1 is 1.31 bits per heavy atom. The molecule has 0 aromatic carbocycles. The minimum absolute atomic E-state index is 0.296. The van der Waals surface area contributed by atoms with Crippen LogP contribution < -0.4 is 0 Å². The maximum atomic E-state index is 10.9. The van der Waals surface area contributed by atoms with E-state index in [-0.39, 0.29) is 0 Å². The molecular formula is C9H19NO3. The van der Waals surface area contributed by atoms with Crippen molar-refractivity contribution < 1.29 is 14.7 Å². The Morgan fingerprint density at radius 3 is 2.54 bits per heavy atom. The lowest BCUT2D eigenvalue weighted by Gasteiger charge is -2.13. The topological polar surface area (TPSA) is 49.8 Å². The van der Waals surface area contributed by atoms with Crippen LogP contribution in [0.25, 0.3) is 0 Å². The smallest absolute Gasteiger partial charge is 0.433 e. The van der Waals surface area contributed by atoms with E-state index in [0.29, 0.717) is 18.2 Å². The van der Waals surface area contributed by atoms with Gasteiger partial charge in [-0.05, 0) is 13.3 Å². The van der Waals surface area contributed by atoms with Gasteiger partial charge in [-0.2, -0.15) is 5.06 Å². The van der Waals surface area contributed by atoms with Crippen LogP contribution in [0.3, 0.4) is 0 Å². The van der Waals surface area contributed by atoms with Gasteiger partial charge >= 0.3 is 6.09 Å². The van der Waals surface area contributed by atoms with Crippen LogP contribution in [0.2, 0.25) is 0 Å². The predicted octanol–water partition coefficient (Wildman–Crippen LogP) is 2.41. The van der Waals surface area contributed by atoms with Crippen molar-refractivity contribution in [2.24, 2.45) is 0 Å². The summed E-state index contributed by atoms with van der Waals surface area (Å²) >= 11 is 0. The fraction of sp³-hybridized carbons (Fsp3) is 0.889. The third kappa shape index (κ3) is 6.40. The molecule has 0 spiro atoms. The molecule has 0 rings (SSSR count). The normalized spacial score (nSPS) is 9.77. The zero-order valence-corrected chi connectivity index (χ0v) is 8.45. The molecule has 4 nitrogen and oxygen atoms in total. The number of nitrogens with zero attached hydrogens (tertiary/aromatic N) is 1. The number of hydroxylamine groups is 2. The third-order valence-electron chi connectivity index (χ3n) is 1.70. The molecule has 13 heavy (non-hydrogen) atoms. The third-order valence-corrected chi connectivity index (χ3v) is 1.70. The average Bonchev–Trinajstić information content (AvgIpc) is 2.12. The summed E-state index contributed by atoms with van der Waals surface area (Å²) in [7, 11) is 0. The van der Waals surface area contributed by atoms with Crippen molar-refractivity contribution in [1.82, 2.24) is 5.06 Å². The van der Waals surface area contributed by atoms with Crippen LogP contribution in [-0.4, -0.2) is 29.5 Å². The number of hydrogen-bond donors (Lipinski definition) is 1. The van der Waals surface area contributed by atoms with Crippen LogP contribution in [0, 0.1) is 0 Å². The van der Waals surface area contributed by atoms with Crippen molar-refractivity contribution >= 4 is 6.09 Å². The van der Waals surface area contributed by atoms with Crippen LogP contribution in [0.4, 0.5) is 4.79 Å². The Balaban J connectivity index is 3.38. The van der Waals surface area contributed by atoms with Crippen molar-refractivity contribution in [2.45, 2.75) is 39.5 Å². The van der Waals surface area contributed by atoms with Crippen LogP contribution in [-0.2, 0) is 4.74 Å². The van der Waals surface area contributed by atoms with Crippen LogP contribution >= 0.6 is 0 Å². The van der Waals surface area contributed by atoms with E-state index >= 15 is 0 Å². The molecule has 0 fully saturated rings. The van der Waals surface area contributed by atoms with Gasteiger partial charge in [0.25, 0.3) is 0 Å². The molecule has 0 aliphatic heterocycles. The second kappa shape index (κ2) is 7.86. The highest BCUT2D eigenvalue weighted by atomic mass is 16.6. The summed E-state index contributed by atoms with van der Waals surface area (Å²) in [5, 5.41) is 9.74. The van der Waals surface area contributed by atoms with Crippen LogP contribution in [0.5, 0.6) is 0 Å². The zero-order valence-electron chi connectivity index (χ0n) is 8.45. The van der Waals surface area contributed by atoms with Gasteiger partial charge < -0.3 is 4.74 Å². The SMILES string of the molecule is CCCCCCN(O)C(=O)OCC. The van der Waals surface area contributed by atoms with Gasteiger partial charge in [-0.25, -0.2) is 4.79 Å². The van der Waals surface area contributed by atoms with Crippen LogP contribution in [0.15, 0.2) is 0 Å². The number of ether oxygens (including phenoxy) is 1. The van der Waals surface area contributed by atoms with Gasteiger partial charge in [-0.1, -0.05) is 26.2 Å². The summed E-state index contributed by atoms with van der Waals surface area (Å²) < 4.78 is 4.60. The van der Waals surface area contributed by atoms with E-state index in [0.717, 1.165) is 25.7 Å². The molecule has 0 aliphatic rings. The molecule has 0 aliphatic carbocycles. The Bertz CT molecular complexity index is 139. The zero-order chi connectivity index (χ0) is 10.1. The number of carbonyl (C=O) groups is 1. The van der Waals surface area contributed by atoms with Gasteiger partial charge in [-0.3, -0.25) is 5.21 Å². The van der Waals surface area contributed by atoms with Crippen molar-refractivity contribution in [3.05, 3.63) is 0 Å². The van der Waals surface area contributed by atoms with E-state index in [1.165, 1.54) is 0 Å². The molecule has 0 bridgehead atoms. The molecule has 0 saturated carbocycles. The highest BCUT2D eigenvalue weighted by Crippen LogP contribution is 2.00. The number of hydrogen-bond acceptors (Lipinski definition) is 3.